The van der Waals surface area contributed by atoms with Gasteiger partial charge in [-0.3, -0.25) is 9.69 Å². The second-order valence-corrected chi connectivity index (χ2v) is 11.4. The van der Waals surface area contributed by atoms with Gasteiger partial charge in [0.25, 0.3) is 5.91 Å². The number of hydrogen-bond acceptors (Lipinski definition) is 5. The van der Waals surface area contributed by atoms with E-state index in [0.29, 0.717) is 23.6 Å². The van der Waals surface area contributed by atoms with Crippen LogP contribution in [0.5, 0.6) is 5.75 Å². The van der Waals surface area contributed by atoms with Crippen LogP contribution in [-0.2, 0) is 23.8 Å². The Kier molecular flexibility index (Phi) is 10.6. The number of methoxy groups -OCH3 is 1. The SMILES string of the molecule is C=C(CC)Nc1cc(C(C)(C)C)cc(NC(=O)c2cc3cccc(CN(CCC)CCCC=O)c3n2C)c1OC. The molecule has 0 radical (unpaired) electrons. The van der Waals surface area contributed by atoms with E-state index in [4.69, 9.17) is 4.74 Å². The van der Waals surface area contributed by atoms with Crippen molar-refractivity contribution < 1.29 is 14.3 Å². The number of rotatable bonds is 14. The number of para-hydroxylation sites is 1. The lowest BCUT2D eigenvalue weighted by Gasteiger charge is -2.24. The molecule has 0 spiro atoms. The van der Waals surface area contributed by atoms with E-state index in [-0.39, 0.29) is 11.3 Å². The number of hydrogen-bond donors (Lipinski definition) is 2. The van der Waals surface area contributed by atoms with Gasteiger partial charge < -0.3 is 24.7 Å². The van der Waals surface area contributed by atoms with Crippen LogP contribution in [0.1, 0.15) is 81.9 Å². The average Bonchev–Trinajstić information content (AvgIpc) is 3.25. The Morgan fingerprint density at radius 1 is 1.10 bits per heavy atom. The molecule has 0 aliphatic rings. The predicted molar refractivity (Wildman–Crippen MR) is 166 cm³/mol. The summed E-state index contributed by atoms with van der Waals surface area (Å²) in [6, 6.07) is 12.2. The maximum atomic E-state index is 13.8. The van der Waals surface area contributed by atoms with Gasteiger partial charge in [-0.2, -0.15) is 0 Å². The Bertz CT molecular complexity index is 1350. The Hall–Kier alpha value is -3.58. The number of nitrogens with one attached hydrogen (secondary N) is 2. The van der Waals surface area contributed by atoms with E-state index in [0.717, 1.165) is 78.6 Å². The number of carbonyl (C=O) groups excluding carboxylic acids is 2. The van der Waals surface area contributed by atoms with Crippen LogP contribution in [0.3, 0.4) is 0 Å². The third-order valence-electron chi connectivity index (χ3n) is 7.25. The minimum absolute atomic E-state index is 0.139. The van der Waals surface area contributed by atoms with Gasteiger partial charge in [0.05, 0.1) is 24.0 Å². The highest BCUT2D eigenvalue weighted by atomic mass is 16.5. The normalized spacial score (nSPS) is 11.6. The summed E-state index contributed by atoms with van der Waals surface area (Å²) in [6.45, 7) is 17.3. The van der Waals surface area contributed by atoms with Gasteiger partial charge in [-0.15, -0.1) is 0 Å². The second kappa shape index (κ2) is 13.7. The number of carbonyl (C=O) groups is 2. The lowest BCUT2D eigenvalue weighted by molar-refractivity contribution is -0.108. The number of allylic oxidation sites excluding steroid dienone is 1. The Morgan fingerprint density at radius 3 is 2.40 bits per heavy atom. The maximum absolute atomic E-state index is 13.8. The fourth-order valence-electron chi connectivity index (χ4n) is 5.00. The van der Waals surface area contributed by atoms with Gasteiger partial charge in [-0.1, -0.05) is 59.4 Å². The zero-order valence-corrected chi connectivity index (χ0v) is 25.3. The quantitative estimate of drug-likeness (QED) is 0.164. The first-order chi connectivity index (χ1) is 19.0. The molecule has 2 aromatic carbocycles. The number of unbranched alkanes of at least 4 members (excludes halogenated alkanes) is 1. The fourth-order valence-corrected chi connectivity index (χ4v) is 5.00. The van der Waals surface area contributed by atoms with Crippen LogP contribution in [0.4, 0.5) is 11.4 Å². The second-order valence-electron chi connectivity index (χ2n) is 11.4. The molecule has 1 amide bonds. The van der Waals surface area contributed by atoms with Gasteiger partial charge >= 0.3 is 0 Å². The summed E-state index contributed by atoms with van der Waals surface area (Å²) in [4.78, 5) is 27.0. The van der Waals surface area contributed by atoms with Crippen molar-refractivity contribution in [3.8, 4) is 5.75 Å². The molecule has 216 valence electrons. The van der Waals surface area contributed by atoms with E-state index < -0.39 is 0 Å². The van der Waals surface area contributed by atoms with E-state index in [9.17, 15) is 9.59 Å². The molecule has 0 unspecified atom stereocenters. The number of anilines is 2. The highest BCUT2D eigenvalue weighted by Crippen LogP contribution is 2.39. The summed E-state index contributed by atoms with van der Waals surface area (Å²) in [6.07, 6.45) is 4.21. The third-order valence-corrected chi connectivity index (χ3v) is 7.25. The van der Waals surface area contributed by atoms with Crippen LogP contribution in [-0.4, -0.2) is 41.9 Å². The molecule has 0 aliphatic heterocycles. The summed E-state index contributed by atoms with van der Waals surface area (Å²) >= 11 is 0. The highest BCUT2D eigenvalue weighted by Gasteiger charge is 2.23. The van der Waals surface area contributed by atoms with E-state index in [1.54, 1.807) is 7.11 Å². The largest absolute Gasteiger partial charge is 0.492 e. The van der Waals surface area contributed by atoms with Gasteiger partial charge in [-0.25, -0.2) is 0 Å². The molecule has 0 aliphatic carbocycles. The molecule has 0 atom stereocenters. The minimum Gasteiger partial charge on any atom is -0.492 e. The zero-order chi connectivity index (χ0) is 29.4. The van der Waals surface area contributed by atoms with Crippen molar-refractivity contribution >= 4 is 34.5 Å². The van der Waals surface area contributed by atoms with Crippen LogP contribution in [0.25, 0.3) is 10.9 Å². The number of aromatic nitrogens is 1. The van der Waals surface area contributed by atoms with Crippen LogP contribution >= 0.6 is 0 Å². The number of amides is 1. The van der Waals surface area contributed by atoms with Gasteiger partial charge in [-0.05, 0) is 67.1 Å². The molecule has 0 saturated heterocycles. The molecular formula is C33H46N4O3. The molecule has 3 rings (SSSR count). The lowest BCUT2D eigenvalue weighted by atomic mass is 9.86. The molecule has 3 aromatic rings. The van der Waals surface area contributed by atoms with Crippen molar-refractivity contribution in [2.45, 2.75) is 72.3 Å². The average molecular weight is 547 g/mol. The third kappa shape index (κ3) is 7.33. The van der Waals surface area contributed by atoms with Crippen molar-refractivity contribution in [2.75, 3.05) is 30.8 Å². The molecule has 0 saturated carbocycles. The summed E-state index contributed by atoms with van der Waals surface area (Å²) < 4.78 is 7.77. The zero-order valence-electron chi connectivity index (χ0n) is 25.3. The van der Waals surface area contributed by atoms with E-state index in [2.05, 4.69) is 61.9 Å². The van der Waals surface area contributed by atoms with Crippen LogP contribution in [0.2, 0.25) is 0 Å². The summed E-state index contributed by atoms with van der Waals surface area (Å²) in [5.74, 6) is 0.367. The van der Waals surface area contributed by atoms with Crippen molar-refractivity contribution in [1.29, 1.82) is 0 Å². The minimum atomic E-state index is -0.203. The van der Waals surface area contributed by atoms with Gasteiger partial charge in [0, 0.05) is 31.1 Å². The lowest BCUT2D eigenvalue weighted by Crippen LogP contribution is -2.25. The first-order valence-electron chi connectivity index (χ1n) is 14.3. The van der Waals surface area contributed by atoms with E-state index in [1.165, 1.54) is 0 Å². The number of fused-ring (bicyclic) bond motifs is 1. The summed E-state index contributed by atoms with van der Waals surface area (Å²) in [5.41, 5.74) is 5.97. The Morgan fingerprint density at radius 2 is 1.80 bits per heavy atom. The first kappa shape index (κ1) is 31.0. The first-order valence-corrected chi connectivity index (χ1v) is 14.3. The predicted octanol–water partition coefficient (Wildman–Crippen LogP) is 7.26. The Balaban J connectivity index is 1.99. The number of aryl methyl sites for hydroxylation is 1. The number of ether oxygens (including phenoxy) is 1. The van der Waals surface area contributed by atoms with Crippen LogP contribution < -0.4 is 15.4 Å². The summed E-state index contributed by atoms with van der Waals surface area (Å²) in [7, 11) is 3.56. The van der Waals surface area contributed by atoms with E-state index in [1.807, 2.05) is 42.8 Å². The highest BCUT2D eigenvalue weighted by molar-refractivity contribution is 6.08. The maximum Gasteiger partial charge on any atom is 0.272 e. The summed E-state index contributed by atoms with van der Waals surface area (Å²) in [5, 5.41) is 7.52. The van der Waals surface area contributed by atoms with Gasteiger partial charge in [0.2, 0.25) is 0 Å². The van der Waals surface area contributed by atoms with Crippen LogP contribution in [0, 0.1) is 0 Å². The monoisotopic (exact) mass is 546 g/mol. The molecule has 1 heterocycles. The molecule has 7 heteroatoms. The molecule has 40 heavy (non-hydrogen) atoms. The molecule has 0 fully saturated rings. The molecule has 2 N–H and O–H groups in total. The van der Waals surface area contributed by atoms with E-state index >= 15 is 0 Å². The smallest absolute Gasteiger partial charge is 0.272 e. The standard InChI is InChI=1S/C33H46N4O3/c1-9-16-37(17-11-12-18-38)22-25-15-13-14-24-19-29(36(7)30(24)25)32(39)35-28-21-26(33(4,5)6)20-27(31(28)40-8)34-23(3)10-2/h13-15,18-21,34H,3,9-12,16-17,22H2,1-2,4-8H3,(H,35,39). The van der Waals surface area contributed by atoms with Gasteiger partial charge in [0.1, 0.15) is 12.0 Å². The molecule has 1 aromatic heterocycles. The number of nitrogens with zero attached hydrogens (tertiary/aromatic N) is 2. The van der Waals surface area contributed by atoms with Crippen molar-refractivity contribution in [1.82, 2.24) is 9.47 Å². The molecule has 7 nitrogen and oxygen atoms in total. The molecular weight excluding hydrogens is 500 g/mol. The number of benzene rings is 2. The van der Waals surface area contributed by atoms with Crippen molar-refractivity contribution in [3.05, 3.63) is 65.5 Å². The fraction of sp³-hybridized carbons (Fsp3) is 0.455. The van der Waals surface area contributed by atoms with Crippen molar-refractivity contribution in [3.63, 3.8) is 0 Å². The van der Waals surface area contributed by atoms with Gasteiger partial charge in [0.15, 0.2) is 5.75 Å². The van der Waals surface area contributed by atoms with Crippen molar-refractivity contribution in [2.24, 2.45) is 7.05 Å². The topological polar surface area (TPSA) is 75.6 Å². The molecule has 0 bridgehead atoms. The van der Waals surface area contributed by atoms with Crippen LogP contribution in [0.15, 0.2) is 48.7 Å². The Labute approximate surface area is 239 Å². The number of aldehydes is 1.